The Bertz CT molecular complexity index is 945. The first-order chi connectivity index (χ1) is 13.5. The van der Waals surface area contributed by atoms with E-state index in [0.29, 0.717) is 40.5 Å². The van der Waals surface area contributed by atoms with Crippen LogP contribution in [0.25, 0.3) is 6.08 Å². The number of aliphatic imine (C=N–C) groups is 1. The normalized spacial score (nSPS) is 16.5. The first kappa shape index (κ1) is 20.4. The van der Waals surface area contributed by atoms with Crippen LogP contribution in [0, 0.1) is 5.82 Å². The van der Waals surface area contributed by atoms with E-state index >= 15 is 0 Å². The van der Waals surface area contributed by atoms with Crippen molar-refractivity contribution < 1.29 is 18.7 Å². The van der Waals surface area contributed by atoms with E-state index in [1.807, 2.05) is 26.0 Å². The monoisotopic (exact) mass is 464 g/mol. The van der Waals surface area contributed by atoms with Crippen LogP contribution in [0.4, 0.5) is 10.1 Å². The molecule has 1 aliphatic heterocycles. The standard InChI is InChI=1S/C20H18BrFN2O3S/c1-3-26-16-10-12(9-15(21)18(16)27-4-2)11-17-19(25)24-20(28-17)23-14-7-5-13(22)6-8-14/h5-11H,3-4H2,1-2H3,(H,23,24,25)/b17-11-. The van der Waals surface area contributed by atoms with Crippen molar-refractivity contribution in [3.8, 4) is 11.5 Å². The number of amidine groups is 1. The lowest BCUT2D eigenvalue weighted by atomic mass is 10.2. The maximum Gasteiger partial charge on any atom is 0.264 e. The molecule has 0 aliphatic carbocycles. The topological polar surface area (TPSA) is 59.9 Å². The summed E-state index contributed by atoms with van der Waals surface area (Å²) in [5, 5.41) is 3.16. The van der Waals surface area contributed by atoms with E-state index in [2.05, 4.69) is 26.2 Å². The molecule has 0 bridgehead atoms. The van der Waals surface area contributed by atoms with Crippen LogP contribution >= 0.6 is 27.7 Å². The summed E-state index contributed by atoms with van der Waals surface area (Å²) in [5.74, 6) is 0.662. The largest absolute Gasteiger partial charge is 0.490 e. The highest BCUT2D eigenvalue weighted by molar-refractivity contribution is 9.10. The van der Waals surface area contributed by atoms with Crippen molar-refractivity contribution in [3.63, 3.8) is 0 Å². The summed E-state index contributed by atoms with van der Waals surface area (Å²) in [5.41, 5.74) is 1.35. The maximum atomic E-state index is 13.0. The molecule has 3 rings (SSSR count). The van der Waals surface area contributed by atoms with Crippen LogP contribution in [-0.4, -0.2) is 24.3 Å². The molecule has 2 aromatic rings. The van der Waals surface area contributed by atoms with Crippen LogP contribution in [0.2, 0.25) is 0 Å². The van der Waals surface area contributed by atoms with E-state index in [9.17, 15) is 9.18 Å². The SMILES string of the molecule is CCOc1cc(/C=C2\SC(=Nc3ccc(F)cc3)NC2=O)cc(Br)c1OCC. The zero-order valence-electron chi connectivity index (χ0n) is 15.3. The van der Waals surface area contributed by atoms with Crippen molar-refractivity contribution in [1.29, 1.82) is 0 Å². The van der Waals surface area contributed by atoms with Gasteiger partial charge in [-0.05, 0) is 89.6 Å². The van der Waals surface area contributed by atoms with Crippen LogP contribution in [0.5, 0.6) is 11.5 Å². The second-order valence-electron chi connectivity index (χ2n) is 5.65. The Balaban J connectivity index is 1.86. The number of nitrogens with one attached hydrogen (secondary N) is 1. The van der Waals surface area contributed by atoms with Gasteiger partial charge in [0.05, 0.1) is 28.3 Å². The lowest BCUT2D eigenvalue weighted by Gasteiger charge is -2.13. The number of carbonyl (C=O) groups excluding carboxylic acids is 1. The molecule has 1 N–H and O–H groups in total. The van der Waals surface area contributed by atoms with Gasteiger partial charge in [0.25, 0.3) is 5.91 Å². The fourth-order valence-electron chi connectivity index (χ4n) is 2.48. The number of carbonyl (C=O) groups is 1. The molecule has 8 heteroatoms. The van der Waals surface area contributed by atoms with Crippen LogP contribution in [-0.2, 0) is 4.79 Å². The molecule has 28 heavy (non-hydrogen) atoms. The molecule has 1 amide bonds. The minimum atomic E-state index is -0.334. The molecule has 2 aromatic carbocycles. The minimum absolute atomic E-state index is 0.242. The lowest BCUT2D eigenvalue weighted by molar-refractivity contribution is -0.115. The first-order valence-corrected chi connectivity index (χ1v) is 10.3. The Morgan fingerprint density at radius 2 is 1.89 bits per heavy atom. The third kappa shape index (κ3) is 4.94. The number of halogens is 2. The van der Waals surface area contributed by atoms with Crippen molar-refractivity contribution in [2.45, 2.75) is 13.8 Å². The van der Waals surface area contributed by atoms with E-state index < -0.39 is 0 Å². The Hall–Kier alpha value is -2.32. The van der Waals surface area contributed by atoms with Crippen molar-refractivity contribution in [3.05, 3.63) is 57.2 Å². The van der Waals surface area contributed by atoms with Gasteiger partial charge in [-0.2, -0.15) is 0 Å². The lowest BCUT2D eigenvalue weighted by Crippen LogP contribution is -2.19. The number of amides is 1. The van der Waals surface area contributed by atoms with Gasteiger partial charge in [0.1, 0.15) is 5.82 Å². The summed E-state index contributed by atoms with van der Waals surface area (Å²) in [7, 11) is 0. The van der Waals surface area contributed by atoms with Crippen LogP contribution in [0.3, 0.4) is 0 Å². The van der Waals surface area contributed by atoms with Crippen molar-refractivity contribution >= 4 is 50.5 Å². The fraction of sp³-hybridized carbons (Fsp3) is 0.200. The average molecular weight is 465 g/mol. The van der Waals surface area contributed by atoms with Gasteiger partial charge in [0, 0.05) is 0 Å². The summed E-state index contributed by atoms with van der Waals surface area (Å²) in [6.07, 6.45) is 1.76. The smallest absolute Gasteiger partial charge is 0.264 e. The van der Waals surface area contributed by atoms with E-state index in [4.69, 9.17) is 9.47 Å². The van der Waals surface area contributed by atoms with Crippen molar-refractivity contribution in [1.82, 2.24) is 5.32 Å². The summed E-state index contributed by atoms with van der Waals surface area (Å²) in [4.78, 5) is 17.1. The number of hydrogen-bond acceptors (Lipinski definition) is 5. The number of nitrogens with zero attached hydrogens (tertiary/aromatic N) is 1. The molecule has 0 aromatic heterocycles. The summed E-state index contributed by atoms with van der Waals surface area (Å²) in [6, 6.07) is 9.44. The number of thioether (sulfide) groups is 1. The Morgan fingerprint density at radius 1 is 1.18 bits per heavy atom. The van der Waals surface area contributed by atoms with E-state index in [1.165, 1.54) is 23.9 Å². The molecular weight excluding hydrogens is 447 g/mol. The molecular formula is C20H18BrFN2O3S. The number of ether oxygens (including phenoxy) is 2. The first-order valence-electron chi connectivity index (χ1n) is 8.64. The molecule has 5 nitrogen and oxygen atoms in total. The molecule has 0 radical (unpaired) electrons. The van der Waals surface area contributed by atoms with Gasteiger partial charge in [-0.25, -0.2) is 9.38 Å². The quantitative estimate of drug-likeness (QED) is 0.590. The van der Waals surface area contributed by atoms with E-state index in [-0.39, 0.29) is 11.7 Å². The molecule has 0 atom stereocenters. The highest BCUT2D eigenvalue weighted by Crippen LogP contribution is 2.38. The van der Waals surface area contributed by atoms with Crippen LogP contribution < -0.4 is 14.8 Å². The predicted molar refractivity (Wildman–Crippen MR) is 114 cm³/mol. The van der Waals surface area contributed by atoms with Gasteiger partial charge in [-0.3, -0.25) is 4.79 Å². The van der Waals surface area contributed by atoms with Crippen molar-refractivity contribution in [2.75, 3.05) is 13.2 Å². The molecule has 0 unspecified atom stereocenters. The zero-order valence-corrected chi connectivity index (χ0v) is 17.7. The van der Waals surface area contributed by atoms with Gasteiger partial charge >= 0.3 is 0 Å². The zero-order chi connectivity index (χ0) is 20.1. The average Bonchev–Trinajstić information content (AvgIpc) is 2.99. The number of hydrogen-bond donors (Lipinski definition) is 1. The maximum absolute atomic E-state index is 13.0. The van der Waals surface area contributed by atoms with Gasteiger partial charge in [-0.1, -0.05) is 0 Å². The third-order valence-corrected chi connectivity index (χ3v) is 5.13. The van der Waals surface area contributed by atoms with Gasteiger partial charge in [0.15, 0.2) is 16.7 Å². The van der Waals surface area contributed by atoms with Gasteiger partial charge in [-0.15, -0.1) is 0 Å². The molecule has 0 saturated carbocycles. The highest BCUT2D eigenvalue weighted by Gasteiger charge is 2.24. The second-order valence-corrected chi connectivity index (χ2v) is 7.54. The Morgan fingerprint density at radius 3 is 2.57 bits per heavy atom. The van der Waals surface area contributed by atoms with Crippen molar-refractivity contribution in [2.24, 2.45) is 4.99 Å². The number of benzene rings is 2. The molecule has 1 saturated heterocycles. The summed E-state index contributed by atoms with van der Waals surface area (Å²) >= 11 is 4.72. The van der Waals surface area contributed by atoms with Gasteiger partial charge < -0.3 is 14.8 Å². The van der Waals surface area contributed by atoms with Crippen LogP contribution in [0.1, 0.15) is 19.4 Å². The van der Waals surface area contributed by atoms with E-state index in [1.54, 1.807) is 18.2 Å². The molecule has 1 fully saturated rings. The molecule has 1 aliphatic rings. The highest BCUT2D eigenvalue weighted by atomic mass is 79.9. The van der Waals surface area contributed by atoms with E-state index in [0.717, 1.165) is 10.0 Å². The Kier molecular flexibility index (Phi) is 6.74. The fourth-order valence-corrected chi connectivity index (χ4v) is 3.90. The van der Waals surface area contributed by atoms with Gasteiger partial charge in [0.2, 0.25) is 0 Å². The number of rotatable bonds is 6. The molecule has 1 heterocycles. The minimum Gasteiger partial charge on any atom is -0.490 e. The predicted octanol–water partition coefficient (Wildman–Crippen LogP) is 5.28. The molecule has 0 spiro atoms. The second kappa shape index (κ2) is 9.25. The summed E-state index contributed by atoms with van der Waals surface area (Å²) in [6.45, 7) is 4.81. The summed E-state index contributed by atoms with van der Waals surface area (Å²) < 4.78 is 25.1. The Labute approximate surface area is 175 Å². The molecule has 146 valence electrons. The third-order valence-electron chi connectivity index (χ3n) is 3.63. The van der Waals surface area contributed by atoms with Crippen LogP contribution in [0.15, 0.2) is 50.8 Å².